The molecule has 0 unspecified atom stereocenters. The van der Waals surface area contributed by atoms with Crippen molar-refractivity contribution in [3.8, 4) is 17.2 Å². The fourth-order valence-electron chi connectivity index (χ4n) is 1.56. The fraction of sp³-hybridized carbons (Fsp3) is 0.429. The van der Waals surface area contributed by atoms with Gasteiger partial charge in [0, 0.05) is 12.1 Å². The van der Waals surface area contributed by atoms with Crippen LogP contribution in [0, 0.1) is 0 Å². The summed E-state index contributed by atoms with van der Waals surface area (Å²) in [5.74, 6) is 0.757. The Morgan fingerprint density at radius 1 is 1.25 bits per heavy atom. The molecule has 6 nitrogen and oxygen atoms in total. The van der Waals surface area contributed by atoms with Crippen LogP contribution in [0.5, 0.6) is 17.2 Å². The van der Waals surface area contributed by atoms with Crippen molar-refractivity contribution in [1.82, 2.24) is 5.32 Å². The van der Waals surface area contributed by atoms with Gasteiger partial charge in [-0.25, -0.2) is 0 Å². The van der Waals surface area contributed by atoms with E-state index in [0.29, 0.717) is 35.6 Å². The van der Waals surface area contributed by atoms with E-state index < -0.39 is 0 Å². The number of carbonyl (C=O) groups excluding carboxylic acids is 2. The standard InChI is InChI=1S/C14H19NO5/c1-4-5-15-13(17)9-20-14-11(18-2)6-10(8-16)7-12(14)19-3/h6-8H,4-5,9H2,1-3H3,(H,15,17). The predicted octanol–water partition coefficient (Wildman–Crippen LogP) is 1.42. The zero-order valence-corrected chi connectivity index (χ0v) is 11.9. The molecule has 1 aromatic rings. The van der Waals surface area contributed by atoms with Gasteiger partial charge in [0.2, 0.25) is 5.75 Å². The summed E-state index contributed by atoms with van der Waals surface area (Å²) in [6.07, 6.45) is 1.54. The van der Waals surface area contributed by atoms with E-state index in [2.05, 4.69) is 5.32 Å². The van der Waals surface area contributed by atoms with Crippen molar-refractivity contribution in [1.29, 1.82) is 0 Å². The van der Waals surface area contributed by atoms with Crippen molar-refractivity contribution in [2.24, 2.45) is 0 Å². The van der Waals surface area contributed by atoms with Gasteiger partial charge in [-0.2, -0.15) is 0 Å². The number of carbonyl (C=O) groups is 2. The highest BCUT2D eigenvalue weighted by Crippen LogP contribution is 2.38. The van der Waals surface area contributed by atoms with E-state index in [1.165, 1.54) is 26.4 Å². The van der Waals surface area contributed by atoms with Crippen LogP contribution in [0.4, 0.5) is 0 Å². The molecule has 0 aromatic heterocycles. The van der Waals surface area contributed by atoms with Gasteiger partial charge < -0.3 is 19.5 Å². The van der Waals surface area contributed by atoms with Crippen LogP contribution in [0.15, 0.2) is 12.1 Å². The lowest BCUT2D eigenvalue weighted by Gasteiger charge is -2.14. The second kappa shape index (κ2) is 8.04. The molecule has 0 bridgehead atoms. The minimum atomic E-state index is -0.226. The number of hydrogen-bond donors (Lipinski definition) is 1. The Hall–Kier alpha value is -2.24. The lowest BCUT2D eigenvalue weighted by atomic mass is 10.2. The third kappa shape index (κ3) is 4.15. The van der Waals surface area contributed by atoms with Gasteiger partial charge in [-0.15, -0.1) is 0 Å². The number of benzene rings is 1. The highest BCUT2D eigenvalue weighted by Gasteiger charge is 2.15. The van der Waals surface area contributed by atoms with E-state index >= 15 is 0 Å². The normalized spacial score (nSPS) is 9.75. The molecule has 0 atom stereocenters. The Kier molecular flexibility index (Phi) is 6.36. The lowest BCUT2D eigenvalue weighted by Crippen LogP contribution is -2.29. The molecule has 0 fully saturated rings. The Labute approximate surface area is 118 Å². The monoisotopic (exact) mass is 281 g/mol. The molecule has 0 spiro atoms. The molecule has 1 rings (SSSR count). The quantitative estimate of drug-likeness (QED) is 0.729. The van der Waals surface area contributed by atoms with E-state index in [4.69, 9.17) is 14.2 Å². The average Bonchev–Trinajstić information content (AvgIpc) is 2.49. The number of hydrogen-bond acceptors (Lipinski definition) is 5. The molecular formula is C14H19NO5. The van der Waals surface area contributed by atoms with E-state index in [-0.39, 0.29) is 12.5 Å². The summed E-state index contributed by atoms with van der Waals surface area (Å²) < 4.78 is 15.7. The van der Waals surface area contributed by atoms with Gasteiger partial charge in [-0.05, 0) is 18.6 Å². The van der Waals surface area contributed by atoms with Gasteiger partial charge in [0.25, 0.3) is 5.91 Å². The summed E-state index contributed by atoms with van der Waals surface area (Å²) in [6, 6.07) is 3.05. The molecule has 0 saturated heterocycles. The molecule has 1 amide bonds. The third-order valence-electron chi connectivity index (χ3n) is 2.54. The number of ether oxygens (including phenoxy) is 3. The maximum Gasteiger partial charge on any atom is 0.257 e. The number of nitrogens with one attached hydrogen (secondary N) is 1. The van der Waals surface area contributed by atoms with Crippen LogP contribution in [0.3, 0.4) is 0 Å². The van der Waals surface area contributed by atoms with Crippen LogP contribution in [0.2, 0.25) is 0 Å². The number of rotatable bonds is 8. The molecule has 20 heavy (non-hydrogen) atoms. The van der Waals surface area contributed by atoms with Crippen molar-refractivity contribution in [2.75, 3.05) is 27.4 Å². The number of amides is 1. The van der Waals surface area contributed by atoms with Crippen molar-refractivity contribution in [3.05, 3.63) is 17.7 Å². The van der Waals surface area contributed by atoms with Crippen molar-refractivity contribution < 1.29 is 23.8 Å². The SMILES string of the molecule is CCCNC(=O)COc1c(OC)cc(C=O)cc1OC. The number of aldehydes is 1. The fourth-order valence-corrected chi connectivity index (χ4v) is 1.56. The van der Waals surface area contributed by atoms with Gasteiger partial charge in [0.05, 0.1) is 14.2 Å². The predicted molar refractivity (Wildman–Crippen MR) is 73.7 cm³/mol. The highest BCUT2D eigenvalue weighted by molar-refractivity contribution is 5.79. The second-order valence-corrected chi connectivity index (χ2v) is 4.01. The Bertz CT molecular complexity index is 448. The first-order valence-electron chi connectivity index (χ1n) is 6.26. The van der Waals surface area contributed by atoms with Gasteiger partial charge in [0.1, 0.15) is 6.29 Å². The van der Waals surface area contributed by atoms with Gasteiger partial charge in [0.15, 0.2) is 18.1 Å². The third-order valence-corrected chi connectivity index (χ3v) is 2.54. The molecular weight excluding hydrogens is 262 g/mol. The molecule has 0 heterocycles. The smallest absolute Gasteiger partial charge is 0.257 e. The first-order chi connectivity index (χ1) is 9.65. The van der Waals surface area contributed by atoms with Crippen LogP contribution in [0.25, 0.3) is 0 Å². The maximum atomic E-state index is 11.5. The molecule has 1 aromatic carbocycles. The minimum Gasteiger partial charge on any atom is -0.493 e. The molecule has 0 aliphatic heterocycles. The zero-order chi connectivity index (χ0) is 15.0. The Morgan fingerprint density at radius 2 is 1.85 bits per heavy atom. The molecule has 0 aliphatic carbocycles. The van der Waals surface area contributed by atoms with Crippen molar-refractivity contribution >= 4 is 12.2 Å². The van der Waals surface area contributed by atoms with Crippen molar-refractivity contribution in [2.45, 2.75) is 13.3 Å². The average molecular weight is 281 g/mol. The van der Waals surface area contributed by atoms with E-state index in [1.54, 1.807) is 0 Å². The van der Waals surface area contributed by atoms with Gasteiger partial charge >= 0.3 is 0 Å². The van der Waals surface area contributed by atoms with Crippen LogP contribution < -0.4 is 19.5 Å². The van der Waals surface area contributed by atoms with Crippen molar-refractivity contribution in [3.63, 3.8) is 0 Å². The summed E-state index contributed by atoms with van der Waals surface area (Å²) in [4.78, 5) is 22.3. The first kappa shape index (κ1) is 15.8. The van der Waals surface area contributed by atoms with Gasteiger partial charge in [-0.3, -0.25) is 9.59 Å². The maximum absolute atomic E-state index is 11.5. The summed E-state index contributed by atoms with van der Waals surface area (Å²) in [5, 5.41) is 2.70. The van der Waals surface area contributed by atoms with E-state index in [9.17, 15) is 9.59 Å². The lowest BCUT2D eigenvalue weighted by molar-refractivity contribution is -0.123. The molecule has 1 N–H and O–H groups in total. The van der Waals surface area contributed by atoms with E-state index in [1.807, 2.05) is 6.92 Å². The molecule has 0 saturated carbocycles. The van der Waals surface area contributed by atoms with Crippen LogP contribution in [-0.2, 0) is 4.79 Å². The first-order valence-corrected chi connectivity index (χ1v) is 6.26. The largest absolute Gasteiger partial charge is 0.493 e. The summed E-state index contributed by atoms with van der Waals surface area (Å²) in [5.41, 5.74) is 0.404. The molecule has 0 aliphatic rings. The molecule has 110 valence electrons. The number of methoxy groups -OCH3 is 2. The summed E-state index contributed by atoms with van der Waals surface area (Å²) >= 11 is 0. The zero-order valence-electron chi connectivity index (χ0n) is 11.9. The topological polar surface area (TPSA) is 73.9 Å². The summed E-state index contributed by atoms with van der Waals surface area (Å²) in [6.45, 7) is 2.42. The van der Waals surface area contributed by atoms with Crippen LogP contribution in [0.1, 0.15) is 23.7 Å². The molecule has 6 heteroatoms. The Morgan fingerprint density at radius 3 is 2.30 bits per heavy atom. The molecule has 0 radical (unpaired) electrons. The highest BCUT2D eigenvalue weighted by atomic mass is 16.5. The second-order valence-electron chi connectivity index (χ2n) is 4.01. The van der Waals surface area contributed by atoms with Crippen LogP contribution in [-0.4, -0.2) is 39.6 Å². The summed E-state index contributed by atoms with van der Waals surface area (Å²) in [7, 11) is 2.90. The minimum absolute atomic E-state index is 0.146. The Balaban J connectivity index is 2.87. The van der Waals surface area contributed by atoms with Gasteiger partial charge in [-0.1, -0.05) is 6.92 Å². The van der Waals surface area contributed by atoms with Crippen LogP contribution >= 0.6 is 0 Å². The van der Waals surface area contributed by atoms with E-state index in [0.717, 1.165) is 6.42 Å².